The van der Waals surface area contributed by atoms with Crippen LogP contribution in [-0.4, -0.2) is 32.8 Å². The first kappa shape index (κ1) is 16.7. The molecule has 1 aliphatic rings. The van der Waals surface area contributed by atoms with Crippen LogP contribution in [-0.2, 0) is 24.3 Å². The van der Waals surface area contributed by atoms with Crippen molar-refractivity contribution in [2.24, 2.45) is 0 Å². The molecular formula is C15H18ClN5O3. The molecule has 1 aliphatic heterocycles. The van der Waals surface area contributed by atoms with Gasteiger partial charge in [-0.15, -0.1) is 0 Å². The van der Waals surface area contributed by atoms with Crippen molar-refractivity contribution < 1.29 is 9.66 Å². The topological polar surface area (TPSA) is 95.1 Å². The summed E-state index contributed by atoms with van der Waals surface area (Å²) in [5.41, 5.74) is 1.47. The second-order valence-corrected chi connectivity index (χ2v) is 6.22. The van der Waals surface area contributed by atoms with Crippen molar-refractivity contribution in [3.63, 3.8) is 0 Å². The Morgan fingerprint density at radius 1 is 1.54 bits per heavy atom. The molecule has 0 bridgehead atoms. The lowest BCUT2D eigenvalue weighted by Gasteiger charge is -2.25. The van der Waals surface area contributed by atoms with Gasteiger partial charge in [-0.3, -0.25) is 10.1 Å². The number of fused-ring (bicyclic) bond motifs is 1. The molecule has 1 aromatic carbocycles. The summed E-state index contributed by atoms with van der Waals surface area (Å²) in [6.07, 6.45) is 1.69. The van der Waals surface area contributed by atoms with E-state index in [1.807, 2.05) is 11.6 Å². The van der Waals surface area contributed by atoms with Crippen LogP contribution >= 0.6 is 11.6 Å². The van der Waals surface area contributed by atoms with Gasteiger partial charge in [0.2, 0.25) is 0 Å². The van der Waals surface area contributed by atoms with Gasteiger partial charge in [0, 0.05) is 31.7 Å². The van der Waals surface area contributed by atoms with Crippen molar-refractivity contribution >= 4 is 23.0 Å². The molecule has 0 amide bonds. The number of benzene rings is 1. The van der Waals surface area contributed by atoms with Gasteiger partial charge >= 0.3 is 0 Å². The Balaban J connectivity index is 1.76. The van der Waals surface area contributed by atoms with E-state index in [1.165, 1.54) is 12.1 Å². The molecule has 0 saturated carbocycles. The number of ether oxygens (including phenoxy) is 1. The molecule has 0 radical (unpaired) electrons. The summed E-state index contributed by atoms with van der Waals surface area (Å²) in [5.74, 6) is 1.63. The van der Waals surface area contributed by atoms with E-state index in [0.717, 1.165) is 29.9 Å². The highest BCUT2D eigenvalue weighted by Gasteiger charge is 2.23. The monoisotopic (exact) mass is 351 g/mol. The van der Waals surface area contributed by atoms with Crippen LogP contribution in [0.2, 0.25) is 5.02 Å². The third-order valence-corrected chi connectivity index (χ3v) is 4.30. The molecule has 1 unspecified atom stereocenters. The van der Waals surface area contributed by atoms with Crippen LogP contribution in [0.1, 0.15) is 23.6 Å². The normalized spacial score (nSPS) is 16.7. The van der Waals surface area contributed by atoms with Crippen LogP contribution in [0.4, 0.5) is 11.4 Å². The first-order chi connectivity index (χ1) is 11.5. The molecular weight excluding hydrogens is 334 g/mol. The maximum atomic E-state index is 10.9. The van der Waals surface area contributed by atoms with E-state index in [-0.39, 0.29) is 11.7 Å². The van der Waals surface area contributed by atoms with E-state index in [1.54, 1.807) is 7.11 Å². The smallest absolute Gasteiger partial charge is 0.271 e. The molecule has 9 heteroatoms. The SMILES string of the molecule is COCc1nc2n(n1)CC(Nc1c(C)cc([N+](=O)[O-])cc1Cl)CC2. The molecule has 0 saturated heterocycles. The van der Waals surface area contributed by atoms with Crippen LogP contribution in [0.15, 0.2) is 12.1 Å². The Hall–Kier alpha value is -2.19. The summed E-state index contributed by atoms with van der Waals surface area (Å²) in [5, 5.41) is 19.1. The van der Waals surface area contributed by atoms with Crippen LogP contribution in [0.25, 0.3) is 0 Å². The van der Waals surface area contributed by atoms with Gasteiger partial charge in [0.05, 0.1) is 22.2 Å². The van der Waals surface area contributed by atoms with Crippen molar-refractivity contribution in [1.82, 2.24) is 14.8 Å². The summed E-state index contributed by atoms with van der Waals surface area (Å²) in [7, 11) is 1.61. The molecule has 1 aromatic heterocycles. The molecule has 2 aromatic rings. The van der Waals surface area contributed by atoms with Gasteiger partial charge in [0.1, 0.15) is 12.4 Å². The van der Waals surface area contributed by atoms with Crippen molar-refractivity contribution in [1.29, 1.82) is 0 Å². The van der Waals surface area contributed by atoms with Crippen LogP contribution in [0.3, 0.4) is 0 Å². The number of rotatable bonds is 5. The second-order valence-electron chi connectivity index (χ2n) is 5.82. The molecule has 128 valence electrons. The quantitative estimate of drug-likeness (QED) is 0.657. The summed E-state index contributed by atoms with van der Waals surface area (Å²) in [6.45, 7) is 2.87. The summed E-state index contributed by atoms with van der Waals surface area (Å²) in [6, 6.07) is 3.03. The van der Waals surface area contributed by atoms with Crippen molar-refractivity contribution in [2.75, 3.05) is 12.4 Å². The van der Waals surface area contributed by atoms with Gasteiger partial charge in [0.25, 0.3) is 5.69 Å². The van der Waals surface area contributed by atoms with E-state index >= 15 is 0 Å². The van der Waals surface area contributed by atoms with Gasteiger partial charge < -0.3 is 10.1 Å². The molecule has 24 heavy (non-hydrogen) atoms. The first-order valence-corrected chi connectivity index (χ1v) is 7.98. The van der Waals surface area contributed by atoms with Crippen LogP contribution < -0.4 is 5.32 Å². The molecule has 0 fully saturated rings. The lowest BCUT2D eigenvalue weighted by molar-refractivity contribution is -0.384. The highest BCUT2D eigenvalue weighted by Crippen LogP contribution is 2.32. The number of nitro groups is 1. The summed E-state index contributed by atoms with van der Waals surface area (Å²) >= 11 is 6.23. The molecule has 3 rings (SSSR count). The maximum Gasteiger partial charge on any atom is 0.271 e. The Morgan fingerprint density at radius 2 is 2.33 bits per heavy atom. The minimum absolute atomic E-state index is 0.00513. The van der Waals surface area contributed by atoms with E-state index < -0.39 is 4.92 Å². The molecule has 0 aliphatic carbocycles. The number of nitrogens with one attached hydrogen (secondary N) is 1. The van der Waals surface area contributed by atoms with E-state index in [2.05, 4.69) is 15.4 Å². The zero-order chi connectivity index (χ0) is 17.3. The maximum absolute atomic E-state index is 10.9. The number of nitro benzene ring substituents is 1. The number of hydrogen-bond acceptors (Lipinski definition) is 6. The van der Waals surface area contributed by atoms with Gasteiger partial charge in [-0.2, -0.15) is 5.10 Å². The predicted molar refractivity (Wildman–Crippen MR) is 89.3 cm³/mol. The molecule has 1 N–H and O–H groups in total. The largest absolute Gasteiger partial charge is 0.379 e. The highest BCUT2D eigenvalue weighted by molar-refractivity contribution is 6.33. The fourth-order valence-electron chi connectivity index (χ4n) is 2.89. The van der Waals surface area contributed by atoms with Gasteiger partial charge in [-0.25, -0.2) is 9.67 Å². The molecule has 2 heterocycles. The summed E-state index contributed by atoms with van der Waals surface area (Å²) < 4.78 is 6.94. The van der Waals surface area contributed by atoms with Gasteiger partial charge in [0.15, 0.2) is 5.82 Å². The van der Waals surface area contributed by atoms with Crippen molar-refractivity contribution in [3.05, 3.63) is 44.5 Å². The predicted octanol–water partition coefficient (Wildman–Crippen LogP) is 2.72. The number of aromatic nitrogens is 3. The molecule has 1 atom stereocenters. The summed E-state index contributed by atoms with van der Waals surface area (Å²) in [4.78, 5) is 14.9. The highest BCUT2D eigenvalue weighted by atomic mass is 35.5. The van der Waals surface area contributed by atoms with Gasteiger partial charge in [-0.05, 0) is 18.9 Å². The minimum atomic E-state index is -0.442. The molecule has 0 spiro atoms. The molecule has 8 nitrogen and oxygen atoms in total. The lowest BCUT2D eigenvalue weighted by atomic mass is 10.1. The number of anilines is 1. The standard InChI is InChI=1S/C15H18ClN5O3/c1-9-5-11(21(22)23)6-12(16)15(9)17-10-3-4-14-18-13(8-24-2)19-20(14)7-10/h5-6,10,17H,3-4,7-8H2,1-2H3. The average molecular weight is 352 g/mol. The number of hydrogen-bond donors (Lipinski definition) is 1. The lowest BCUT2D eigenvalue weighted by Crippen LogP contribution is -2.32. The zero-order valence-corrected chi connectivity index (χ0v) is 14.2. The second kappa shape index (κ2) is 6.74. The Bertz CT molecular complexity index is 753. The van der Waals surface area contributed by atoms with Crippen LogP contribution in [0.5, 0.6) is 0 Å². The Morgan fingerprint density at radius 3 is 3.00 bits per heavy atom. The third-order valence-electron chi connectivity index (χ3n) is 4.01. The number of halogens is 1. The number of non-ortho nitro benzene ring substituents is 1. The Labute approximate surface area is 143 Å². The van der Waals surface area contributed by atoms with Gasteiger partial charge in [-0.1, -0.05) is 11.6 Å². The fraction of sp³-hybridized carbons (Fsp3) is 0.467. The number of methoxy groups -OCH3 is 1. The number of aryl methyl sites for hydroxylation is 2. The number of nitrogens with zero attached hydrogens (tertiary/aromatic N) is 4. The van der Waals surface area contributed by atoms with E-state index in [0.29, 0.717) is 24.0 Å². The Kier molecular flexibility index (Phi) is 4.68. The zero-order valence-electron chi connectivity index (χ0n) is 13.5. The van der Waals surface area contributed by atoms with E-state index in [4.69, 9.17) is 16.3 Å². The minimum Gasteiger partial charge on any atom is -0.379 e. The first-order valence-electron chi connectivity index (χ1n) is 7.60. The van der Waals surface area contributed by atoms with Crippen LogP contribution in [0, 0.1) is 17.0 Å². The van der Waals surface area contributed by atoms with Crippen molar-refractivity contribution in [3.8, 4) is 0 Å². The van der Waals surface area contributed by atoms with Crippen molar-refractivity contribution in [2.45, 2.75) is 39.0 Å². The van der Waals surface area contributed by atoms with E-state index in [9.17, 15) is 10.1 Å². The third kappa shape index (κ3) is 3.34. The fourth-order valence-corrected chi connectivity index (χ4v) is 3.20. The average Bonchev–Trinajstić information content (AvgIpc) is 2.92.